The zero-order valence-corrected chi connectivity index (χ0v) is 18.3. The number of hydrogen-bond donors (Lipinski definition) is 2. The van der Waals surface area contributed by atoms with Crippen LogP contribution in [0.25, 0.3) is 0 Å². The average Bonchev–Trinajstić information content (AvgIpc) is 3.48. The summed E-state index contributed by atoms with van der Waals surface area (Å²) in [5.41, 5.74) is 3.35. The highest BCUT2D eigenvalue weighted by Gasteiger charge is 2.20. The van der Waals surface area contributed by atoms with Crippen LogP contribution < -0.4 is 10.1 Å². The van der Waals surface area contributed by atoms with Crippen molar-refractivity contribution >= 4 is 43.5 Å². The van der Waals surface area contributed by atoms with E-state index in [4.69, 9.17) is 9.84 Å². The van der Waals surface area contributed by atoms with Crippen molar-refractivity contribution in [2.75, 3.05) is 11.9 Å². The highest BCUT2D eigenvalue weighted by molar-refractivity contribution is 9.11. The summed E-state index contributed by atoms with van der Waals surface area (Å²) in [6.07, 6.45) is 3.07. The summed E-state index contributed by atoms with van der Waals surface area (Å²) in [7, 11) is 0. The molecule has 146 valence electrons. The summed E-state index contributed by atoms with van der Waals surface area (Å²) in [5.74, 6) is 0.571. The van der Waals surface area contributed by atoms with Crippen molar-refractivity contribution in [3.05, 3.63) is 56.0 Å². The number of carboxylic acid groups (broad SMARTS) is 1. The van der Waals surface area contributed by atoms with E-state index >= 15 is 0 Å². The Morgan fingerprint density at radius 3 is 2.50 bits per heavy atom. The minimum atomic E-state index is -0.823. The van der Waals surface area contributed by atoms with Gasteiger partial charge >= 0.3 is 5.97 Å². The Morgan fingerprint density at radius 2 is 1.89 bits per heavy atom. The molecule has 1 aliphatic rings. The smallest absolute Gasteiger partial charge is 0.303 e. The molecular weight excluding hydrogens is 488 g/mol. The minimum Gasteiger partial charge on any atom is -0.487 e. The molecule has 1 fully saturated rings. The average molecular weight is 508 g/mol. The van der Waals surface area contributed by atoms with Gasteiger partial charge in [0.25, 0.3) is 0 Å². The van der Waals surface area contributed by atoms with Crippen LogP contribution >= 0.6 is 31.9 Å². The third-order valence-corrected chi connectivity index (χ3v) is 5.66. The van der Waals surface area contributed by atoms with E-state index in [-0.39, 0.29) is 6.42 Å². The lowest BCUT2D eigenvalue weighted by Crippen LogP contribution is -2.05. The Morgan fingerprint density at radius 1 is 1.18 bits per heavy atom. The molecule has 0 spiro atoms. The van der Waals surface area contributed by atoms with E-state index in [1.165, 1.54) is 12.8 Å². The third-order valence-electron chi connectivity index (χ3n) is 4.48. The topological polar surface area (TPSA) is 82.3 Å². The highest BCUT2D eigenvalue weighted by atomic mass is 79.9. The molecule has 5 nitrogen and oxygen atoms in total. The number of aryl methyl sites for hydroxylation is 1. The Kier molecular flexibility index (Phi) is 6.97. The molecule has 2 aromatic rings. The quantitative estimate of drug-likeness (QED) is 0.468. The van der Waals surface area contributed by atoms with Gasteiger partial charge in [-0.15, -0.1) is 0 Å². The molecule has 1 aliphatic carbocycles. The number of nitrogens with one attached hydrogen (secondary N) is 1. The maximum atomic E-state index is 10.8. The van der Waals surface area contributed by atoms with Crippen LogP contribution in [0.15, 0.2) is 39.3 Å². The summed E-state index contributed by atoms with van der Waals surface area (Å²) >= 11 is 7.00. The number of aliphatic carboxylic acids is 1. The van der Waals surface area contributed by atoms with Crippen LogP contribution in [0.1, 0.15) is 36.0 Å². The molecule has 3 rings (SSSR count). The van der Waals surface area contributed by atoms with Gasteiger partial charge in [0.15, 0.2) is 0 Å². The van der Waals surface area contributed by atoms with E-state index in [1.807, 2.05) is 30.3 Å². The first-order valence-corrected chi connectivity index (χ1v) is 10.6. The second kappa shape index (κ2) is 9.44. The predicted molar refractivity (Wildman–Crippen MR) is 115 cm³/mol. The van der Waals surface area contributed by atoms with E-state index < -0.39 is 5.97 Å². The van der Waals surface area contributed by atoms with E-state index in [0.29, 0.717) is 24.3 Å². The molecule has 0 bridgehead atoms. The van der Waals surface area contributed by atoms with E-state index in [2.05, 4.69) is 43.2 Å². The largest absolute Gasteiger partial charge is 0.487 e. The molecular formula is C21H20Br2N2O3. The van der Waals surface area contributed by atoms with E-state index in [0.717, 1.165) is 38.2 Å². The Bertz CT molecular complexity index is 897. The highest BCUT2D eigenvalue weighted by Crippen LogP contribution is 2.36. The van der Waals surface area contributed by atoms with Gasteiger partial charge < -0.3 is 15.2 Å². The Hall–Kier alpha value is -2.04. The molecule has 1 saturated carbocycles. The minimum absolute atomic E-state index is 0.0800. The molecule has 0 radical (unpaired) electrons. The second-order valence-corrected chi connectivity index (χ2v) is 8.63. The Labute approximate surface area is 181 Å². The van der Waals surface area contributed by atoms with Crippen molar-refractivity contribution in [1.29, 1.82) is 5.26 Å². The van der Waals surface area contributed by atoms with Gasteiger partial charge in [-0.25, -0.2) is 0 Å². The van der Waals surface area contributed by atoms with Crippen LogP contribution in [0.3, 0.4) is 0 Å². The van der Waals surface area contributed by atoms with Gasteiger partial charge in [0.1, 0.15) is 12.4 Å². The van der Waals surface area contributed by atoms with Gasteiger partial charge in [0, 0.05) is 18.7 Å². The monoisotopic (exact) mass is 506 g/mol. The standard InChI is InChI=1S/C21H20Br2N2O3/c22-18-8-14(3-4-20(26)27)9-19(23)21(18)28-12-16-5-15(10-24)6-17(7-16)25-11-13-1-2-13/h5-9,13,25H,1-4,11-12H2,(H,26,27). The van der Waals surface area contributed by atoms with Crippen molar-refractivity contribution < 1.29 is 14.6 Å². The van der Waals surface area contributed by atoms with Crippen molar-refractivity contribution in [3.8, 4) is 11.8 Å². The van der Waals surface area contributed by atoms with Crippen LogP contribution in [0.4, 0.5) is 5.69 Å². The lowest BCUT2D eigenvalue weighted by atomic mass is 10.1. The summed E-state index contributed by atoms with van der Waals surface area (Å²) in [6.45, 7) is 1.25. The number of ether oxygens (including phenoxy) is 1. The van der Waals surface area contributed by atoms with Gasteiger partial charge in [0.2, 0.25) is 0 Å². The first-order valence-electron chi connectivity index (χ1n) is 9.05. The number of halogens is 2. The predicted octanol–water partition coefficient (Wildman–Crippen LogP) is 5.50. The third kappa shape index (κ3) is 5.98. The van der Waals surface area contributed by atoms with Gasteiger partial charge in [-0.2, -0.15) is 5.26 Å². The number of rotatable bonds is 9. The maximum Gasteiger partial charge on any atom is 0.303 e. The first-order chi connectivity index (χ1) is 13.4. The van der Waals surface area contributed by atoms with Crippen molar-refractivity contribution in [3.63, 3.8) is 0 Å². The number of benzene rings is 2. The molecule has 0 atom stereocenters. The van der Waals surface area contributed by atoms with Gasteiger partial charge in [-0.05, 0) is 98.5 Å². The van der Waals surface area contributed by atoms with Crippen LogP contribution in [0.5, 0.6) is 5.75 Å². The summed E-state index contributed by atoms with van der Waals surface area (Å²) in [4.78, 5) is 10.8. The lowest BCUT2D eigenvalue weighted by Gasteiger charge is -2.14. The number of nitriles is 1. The van der Waals surface area contributed by atoms with Crippen LogP contribution in [0, 0.1) is 17.2 Å². The number of hydrogen-bond acceptors (Lipinski definition) is 4. The van der Waals surface area contributed by atoms with Gasteiger partial charge in [-0.1, -0.05) is 0 Å². The summed E-state index contributed by atoms with van der Waals surface area (Å²) in [5, 5.41) is 21.5. The fourth-order valence-corrected chi connectivity index (χ4v) is 4.34. The molecule has 7 heteroatoms. The molecule has 28 heavy (non-hydrogen) atoms. The van der Waals surface area contributed by atoms with Crippen molar-refractivity contribution in [1.82, 2.24) is 0 Å². The van der Waals surface area contributed by atoms with Crippen LogP contribution in [-0.2, 0) is 17.8 Å². The molecule has 0 aliphatic heterocycles. The van der Waals surface area contributed by atoms with Gasteiger partial charge in [0.05, 0.1) is 20.6 Å². The fraction of sp³-hybridized carbons (Fsp3) is 0.333. The lowest BCUT2D eigenvalue weighted by molar-refractivity contribution is -0.136. The SMILES string of the molecule is N#Cc1cc(COc2c(Br)cc(CCC(=O)O)cc2Br)cc(NCC2CC2)c1. The first kappa shape index (κ1) is 20.7. The van der Waals surface area contributed by atoms with Crippen molar-refractivity contribution in [2.45, 2.75) is 32.3 Å². The van der Waals surface area contributed by atoms with E-state index in [9.17, 15) is 10.1 Å². The fourth-order valence-electron chi connectivity index (χ4n) is 2.83. The molecule has 2 N–H and O–H groups in total. The molecule has 0 heterocycles. The molecule has 0 amide bonds. The maximum absolute atomic E-state index is 10.8. The zero-order valence-electron chi connectivity index (χ0n) is 15.2. The van der Waals surface area contributed by atoms with Gasteiger partial charge in [-0.3, -0.25) is 4.79 Å². The number of carboxylic acids is 1. The number of anilines is 1. The number of carbonyl (C=O) groups is 1. The molecule has 0 aromatic heterocycles. The normalized spacial score (nSPS) is 13.0. The summed E-state index contributed by atoms with van der Waals surface area (Å²) in [6, 6.07) is 11.6. The van der Waals surface area contributed by atoms with E-state index in [1.54, 1.807) is 0 Å². The second-order valence-electron chi connectivity index (χ2n) is 6.93. The van der Waals surface area contributed by atoms with Crippen LogP contribution in [0.2, 0.25) is 0 Å². The molecule has 2 aromatic carbocycles. The molecule has 0 unspecified atom stereocenters. The zero-order chi connectivity index (χ0) is 20.1. The summed E-state index contributed by atoms with van der Waals surface area (Å²) < 4.78 is 7.49. The number of nitrogens with zero attached hydrogens (tertiary/aromatic N) is 1. The Balaban J connectivity index is 1.69. The molecule has 0 saturated heterocycles. The van der Waals surface area contributed by atoms with Crippen LogP contribution in [-0.4, -0.2) is 17.6 Å². The van der Waals surface area contributed by atoms with Crippen molar-refractivity contribution in [2.24, 2.45) is 5.92 Å².